The number of hydrogen-bond donors (Lipinski definition) is 4. The Hall–Kier alpha value is -3.26. The lowest BCUT2D eigenvalue weighted by molar-refractivity contribution is -0.112. The lowest BCUT2D eigenvalue weighted by atomic mass is 9.70. The summed E-state index contributed by atoms with van der Waals surface area (Å²) in [5.74, 6) is -0.732. The monoisotopic (exact) mass is 464 g/mol. The molecule has 1 fully saturated rings. The molecule has 0 bridgehead atoms. The van der Waals surface area contributed by atoms with Gasteiger partial charge in [-0.05, 0) is 65.0 Å². The predicted octanol–water partition coefficient (Wildman–Crippen LogP) is 4.27. The number of allylic oxidation sites excluding steroid dienone is 4. The van der Waals surface area contributed by atoms with Gasteiger partial charge in [-0.2, -0.15) is 0 Å². The average molecular weight is 465 g/mol. The Kier molecular flexibility index (Phi) is 5.97. The van der Waals surface area contributed by atoms with Crippen LogP contribution in [0.4, 0.5) is 10.1 Å². The number of imidazole rings is 1. The summed E-state index contributed by atoms with van der Waals surface area (Å²) in [4.78, 5) is 17.3. The van der Waals surface area contributed by atoms with E-state index in [0.717, 1.165) is 18.4 Å². The Morgan fingerprint density at radius 1 is 1.24 bits per heavy atom. The van der Waals surface area contributed by atoms with Crippen molar-refractivity contribution in [1.29, 1.82) is 5.41 Å². The second-order valence-electron chi connectivity index (χ2n) is 10.6. The van der Waals surface area contributed by atoms with Gasteiger partial charge in [-0.3, -0.25) is 10.2 Å². The van der Waals surface area contributed by atoms with Crippen molar-refractivity contribution in [3.8, 4) is 0 Å². The van der Waals surface area contributed by atoms with Crippen LogP contribution in [-0.2, 0) is 4.79 Å². The van der Waals surface area contributed by atoms with E-state index in [1.807, 2.05) is 6.08 Å². The van der Waals surface area contributed by atoms with Crippen LogP contribution < -0.4 is 16.0 Å². The van der Waals surface area contributed by atoms with E-state index in [-0.39, 0.29) is 33.9 Å². The van der Waals surface area contributed by atoms with Crippen LogP contribution in [0.3, 0.4) is 0 Å². The largest absolute Gasteiger partial charge is 0.393 e. The number of carbonyl (C=O) groups excluding carboxylic acids is 1. The molecule has 4 N–H and O–H groups in total. The normalized spacial score (nSPS) is 21.4. The van der Waals surface area contributed by atoms with Crippen LogP contribution in [0.15, 0.2) is 53.5 Å². The molecule has 8 heteroatoms. The average Bonchev–Trinajstić information content (AvgIpc) is 3.08. The van der Waals surface area contributed by atoms with E-state index in [4.69, 9.17) is 5.41 Å². The maximum absolute atomic E-state index is 14.5. The Bertz CT molecular complexity index is 1250. The number of carbonyl (C=O) groups is 1. The van der Waals surface area contributed by atoms with Crippen LogP contribution in [-0.4, -0.2) is 39.1 Å². The van der Waals surface area contributed by atoms with Gasteiger partial charge < -0.3 is 20.4 Å². The number of anilines is 1. The fourth-order valence-electron chi connectivity index (χ4n) is 5.47. The summed E-state index contributed by atoms with van der Waals surface area (Å²) in [6.45, 7) is 10.6. The highest BCUT2D eigenvalue weighted by molar-refractivity contribution is 6.31. The van der Waals surface area contributed by atoms with Crippen LogP contribution in [0.1, 0.15) is 46.2 Å². The third-order valence-corrected chi connectivity index (χ3v) is 6.33. The summed E-state index contributed by atoms with van der Waals surface area (Å²) in [5, 5.41) is 18.3. The Balaban J connectivity index is 1.64. The molecule has 7 nitrogen and oxygen atoms in total. The van der Waals surface area contributed by atoms with Gasteiger partial charge in [0, 0.05) is 48.4 Å². The smallest absolute Gasteiger partial charge is 0.257 e. The topological polar surface area (TPSA) is 94.3 Å². The van der Waals surface area contributed by atoms with Crippen molar-refractivity contribution in [2.45, 2.75) is 58.5 Å². The zero-order valence-electron chi connectivity index (χ0n) is 20.6. The fourth-order valence-corrected chi connectivity index (χ4v) is 5.47. The molecule has 0 aromatic carbocycles. The molecule has 0 atom stereocenters. The first kappa shape index (κ1) is 23.9. The molecule has 2 aliphatic rings. The van der Waals surface area contributed by atoms with Crippen molar-refractivity contribution in [3.63, 3.8) is 0 Å². The number of aromatic nitrogens is 2. The number of amides is 1. The van der Waals surface area contributed by atoms with Crippen molar-refractivity contribution in [3.05, 3.63) is 65.0 Å². The van der Waals surface area contributed by atoms with E-state index in [2.05, 4.69) is 48.6 Å². The van der Waals surface area contributed by atoms with Gasteiger partial charge in [0.15, 0.2) is 11.5 Å². The zero-order chi connectivity index (χ0) is 24.8. The molecule has 0 radical (unpaired) electrons. The molecule has 0 saturated carbocycles. The number of nitrogens with zero attached hydrogens (tertiary/aromatic N) is 2. The summed E-state index contributed by atoms with van der Waals surface area (Å²) >= 11 is 0. The number of aryl methyl sites for hydroxylation is 1. The standard InChI is InChI=1S/C26H33FN6O/c1-15-13-33-14-17(9-21(27)23(33)30-15)31-24(34)19-8-7-18(20(12-29-6)22(19)28)16-10-25(2,3)32-26(4,5)11-16/h7-9,12-14,16,28-29,32H,10-11H2,1-6H3,(H,31,34)/b20-12-,28-22?. The number of nitrogens with one attached hydrogen (secondary N) is 4. The highest BCUT2D eigenvalue weighted by Crippen LogP contribution is 2.41. The summed E-state index contributed by atoms with van der Waals surface area (Å²) < 4.78 is 16.0. The number of pyridine rings is 1. The minimum atomic E-state index is -0.521. The van der Waals surface area contributed by atoms with Crippen molar-refractivity contribution < 1.29 is 9.18 Å². The van der Waals surface area contributed by atoms with Crippen LogP contribution in [0.5, 0.6) is 0 Å². The van der Waals surface area contributed by atoms with Crippen LogP contribution in [0.2, 0.25) is 0 Å². The summed E-state index contributed by atoms with van der Waals surface area (Å²) in [6.07, 6.45) is 10.6. The van der Waals surface area contributed by atoms with E-state index >= 15 is 0 Å². The maximum Gasteiger partial charge on any atom is 0.257 e. The Morgan fingerprint density at radius 3 is 2.56 bits per heavy atom. The van der Waals surface area contributed by atoms with E-state index in [1.165, 1.54) is 6.07 Å². The summed E-state index contributed by atoms with van der Waals surface area (Å²) in [6, 6.07) is 1.25. The van der Waals surface area contributed by atoms with Gasteiger partial charge in [-0.15, -0.1) is 0 Å². The number of fused-ring (bicyclic) bond motifs is 1. The quantitative estimate of drug-likeness (QED) is 0.544. The molecule has 180 valence electrons. The third-order valence-electron chi connectivity index (χ3n) is 6.33. The minimum Gasteiger partial charge on any atom is -0.393 e. The number of rotatable bonds is 4. The van der Waals surface area contributed by atoms with Gasteiger partial charge in [0.2, 0.25) is 0 Å². The predicted molar refractivity (Wildman–Crippen MR) is 134 cm³/mol. The number of halogens is 1. The minimum absolute atomic E-state index is 0.0457. The highest BCUT2D eigenvalue weighted by atomic mass is 19.1. The summed E-state index contributed by atoms with van der Waals surface area (Å²) in [7, 11) is 1.79. The van der Waals surface area contributed by atoms with E-state index in [0.29, 0.717) is 17.0 Å². The molecule has 2 aromatic rings. The molecular weight excluding hydrogens is 431 g/mol. The fraction of sp³-hybridized carbons (Fsp3) is 0.423. The molecule has 1 aliphatic carbocycles. The molecule has 1 amide bonds. The third kappa shape index (κ3) is 4.68. The van der Waals surface area contributed by atoms with Crippen molar-refractivity contribution in [1.82, 2.24) is 20.0 Å². The van der Waals surface area contributed by atoms with Crippen LogP contribution in [0, 0.1) is 24.1 Å². The highest BCUT2D eigenvalue weighted by Gasteiger charge is 2.40. The van der Waals surface area contributed by atoms with Crippen LogP contribution in [0.25, 0.3) is 5.65 Å². The SMILES string of the molecule is CN/C=C1\C(=N)C(C(=O)Nc2cc(F)c3nc(C)cn3c2)=CC=C1C1CC(C)(C)NC(C)(C)C1. The molecule has 2 aromatic heterocycles. The lowest BCUT2D eigenvalue weighted by Gasteiger charge is -2.47. The molecular formula is C26H33FN6O. The first-order valence-electron chi connectivity index (χ1n) is 11.5. The van der Waals surface area contributed by atoms with Gasteiger partial charge in [0.1, 0.15) is 0 Å². The molecule has 34 heavy (non-hydrogen) atoms. The molecule has 0 spiro atoms. The molecule has 1 saturated heterocycles. The van der Waals surface area contributed by atoms with Crippen LogP contribution >= 0.6 is 0 Å². The second kappa shape index (κ2) is 8.51. The molecule has 3 heterocycles. The first-order valence-corrected chi connectivity index (χ1v) is 11.5. The van der Waals surface area contributed by atoms with Crippen molar-refractivity contribution >= 4 is 23.0 Å². The molecule has 1 aliphatic heterocycles. The summed E-state index contributed by atoms with van der Waals surface area (Å²) in [5.41, 5.74) is 3.25. The van der Waals surface area contributed by atoms with Gasteiger partial charge in [-0.1, -0.05) is 6.08 Å². The number of hydrogen-bond acceptors (Lipinski definition) is 5. The van der Waals surface area contributed by atoms with E-state index in [1.54, 1.807) is 43.0 Å². The zero-order valence-corrected chi connectivity index (χ0v) is 20.6. The van der Waals surface area contributed by atoms with Crippen molar-refractivity contribution in [2.24, 2.45) is 5.92 Å². The first-order chi connectivity index (χ1) is 15.9. The van der Waals surface area contributed by atoms with E-state index < -0.39 is 11.7 Å². The lowest BCUT2D eigenvalue weighted by Crippen LogP contribution is -2.58. The van der Waals surface area contributed by atoms with Gasteiger partial charge in [-0.25, -0.2) is 9.37 Å². The van der Waals surface area contributed by atoms with E-state index in [9.17, 15) is 9.18 Å². The molecule has 0 unspecified atom stereocenters. The van der Waals surface area contributed by atoms with Gasteiger partial charge in [0.25, 0.3) is 5.91 Å². The Labute approximate surface area is 199 Å². The second-order valence-corrected chi connectivity index (χ2v) is 10.6. The van der Waals surface area contributed by atoms with Crippen molar-refractivity contribution in [2.75, 3.05) is 12.4 Å². The number of piperidine rings is 1. The van der Waals surface area contributed by atoms with Gasteiger partial charge in [0.05, 0.1) is 22.7 Å². The maximum atomic E-state index is 14.5. The molecule has 4 rings (SSSR count). The Morgan fingerprint density at radius 2 is 1.91 bits per heavy atom. The van der Waals surface area contributed by atoms with Gasteiger partial charge >= 0.3 is 0 Å².